The van der Waals surface area contributed by atoms with Crippen molar-refractivity contribution in [2.24, 2.45) is 0 Å². The van der Waals surface area contributed by atoms with Gasteiger partial charge in [0.25, 0.3) is 5.56 Å². The molecule has 1 N–H and O–H groups in total. The van der Waals surface area contributed by atoms with Crippen molar-refractivity contribution < 1.29 is 39.5 Å². The number of alkyl halides is 9. The number of rotatable bonds is 4. The van der Waals surface area contributed by atoms with Crippen LogP contribution in [0.2, 0.25) is 5.02 Å². The van der Waals surface area contributed by atoms with Crippen molar-refractivity contribution in [3.63, 3.8) is 0 Å². The van der Waals surface area contributed by atoms with Crippen LogP contribution in [0.3, 0.4) is 0 Å². The van der Waals surface area contributed by atoms with Crippen LogP contribution in [-0.2, 0) is 25.1 Å². The second kappa shape index (κ2) is 7.85. The second-order valence-electron chi connectivity index (χ2n) is 5.68. The predicted molar refractivity (Wildman–Crippen MR) is 88.4 cm³/mol. The molecule has 0 saturated carbocycles. The van der Waals surface area contributed by atoms with Gasteiger partial charge in [0.1, 0.15) is 5.02 Å². The lowest BCUT2D eigenvalue weighted by Crippen LogP contribution is -2.28. The summed E-state index contributed by atoms with van der Waals surface area (Å²) >= 11 is 5.38. The van der Waals surface area contributed by atoms with Gasteiger partial charge in [0.15, 0.2) is 5.69 Å². The minimum atomic E-state index is -5.26. The Balaban J connectivity index is 2.79. The Hall–Kier alpha value is -2.70. The van der Waals surface area contributed by atoms with E-state index in [2.05, 4.69) is 11.6 Å². The average molecular weight is 466 g/mol. The van der Waals surface area contributed by atoms with E-state index >= 15 is 0 Å². The van der Waals surface area contributed by atoms with Gasteiger partial charge in [-0.15, -0.1) is 6.58 Å². The highest BCUT2D eigenvalue weighted by Gasteiger charge is 2.40. The summed E-state index contributed by atoms with van der Waals surface area (Å²) in [5, 5.41) is 0.385. The standard InChI is InChI=1S/C16H9ClF9N3O/c1-2-5-29-12(30)10(17)11(16(24,25)26)28-13(29)27-9-6-7(14(18,19)20)3-4-8(9)15(21,22)23/h2-4,6H,1,5H2,(H,27,28). The lowest BCUT2D eigenvalue weighted by molar-refractivity contribution is -0.141. The van der Waals surface area contributed by atoms with E-state index in [9.17, 15) is 44.3 Å². The minimum Gasteiger partial charge on any atom is -0.325 e. The number of aromatic nitrogens is 2. The molecule has 0 aliphatic carbocycles. The molecule has 1 aromatic heterocycles. The van der Waals surface area contributed by atoms with Gasteiger partial charge in [-0.05, 0) is 18.2 Å². The zero-order valence-electron chi connectivity index (χ0n) is 14.3. The van der Waals surface area contributed by atoms with Gasteiger partial charge in [0.05, 0.1) is 16.8 Å². The van der Waals surface area contributed by atoms with Gasteiger partial charge >= 0.3 is 18.5 Å². The predicted octanol–water partition coefficient (Wildman–Crippen LogP) is 5.88. The van der Waals surface area contributed by atoms with Gasteiger partial charge in [-0.2, -0.15) is 39.5 Å². The monoisotopic (exact) mass is 465 g/mol. The molecule has 0 fully saturated rings. The van der Waals surface area contributed by atoms with Crippen LogP contribution < -0.4 is 10.9 Å². The van der Waals surface area contributed by atoms with E-state index < -0.39 is 64.1 Å². The third-order valence-electron chi connectivity index (χ3n) is 3.59. The molecule has 0 bridgehead atoms. The van der Waals surface area contributed by atoms with Gasteiger partial charge in [-0.25, -0.2) is 4.98 Å². The van der Waals surface area contributed by atoms with Gasteiger partial charge < -0.3 is 5.32 Å². The zero-order chi connectivity index (χ0) is 23.1. The highest BCUT2D eigenvalue weighted by molar-refractivity contribution is 6.31. The molecule has 0 aliphatic heterocycles. The van der Waals surface area contributed by atoms with Crippen LogP contribution in [0.1, 0.15) is 16.8 Å². The molecule has 14 heteroatoms. The van der Waals surface area contributed by atoms with Crippen LogP contribution in [0.5, 0.6) is 0 Å². The topological polar surface area (TPSA) is 46.9 Å². The summed E-state index contributed by atoms with van der Waals surface area (Å²) in [5.41, 5.74) is -7.81. The first-order chi connectivity index (χ1) is 13.6. The highest BCUT2D eigenvalue weighted by atomic mass is 35.5. The maximum absolute atomic E-state index is 13.2. The molecule has 1 heterocycles. The Bertz CT molecular complexity index is 1020. The first kappa shape index (κ1) is 23.6. The maximum atomic E-state index is 13.2. The Morgan fingerprint density at radius 3 is 2.10 bits per heavy atom. The van der Waals surface area contributed by atoms with Gasteiger partial charge in [-0.3, -0.25) is 9.36 Å². The van der Waals surface area contributed by atoms with E-state index in [1.54, 1.807) is 5.32 Å². The van der Waals surface area contributed by atoms with E-state index in [0.717, 1.165) is 6.08 Å². The van der Waals surface area contributed by atoms with Crippen molar-refractivity contribution in [2.45, 2.75) is 25.1 Å². The van der Waals surface area contributed by atoms with Gasteiger partial charge in [-0.1, -0.05) is 17.7 Å². The largest absolute Gasteiger partial charge is 0.435 e. The van der Waals surface area contributed by atoms with E-state index in [0.29, 0.717) is 4.57 Å². The molecule has 2 rings (SSSR count). The summed E-state index contributed by atoms with van der Waals surface area (Å²) in [7, 11) is 0. The van der Waals surface area contributed by atoms with E-state index in [1.165, 1.54) is 0 Å². The molecule has 2 aromatic rings. The van der Waals surface area contributed by atoms with Crippen molar-refractivity contribution in [3.8, 4) is 0 Å². The lowest BCUT2D eigenvalue weighted by atomic mass is 10.1. The van der Waals surface area contributed by atoms with Crippen molar-refractivity contribution >= 4 is 23.2 Å². The van der Waals surface area contributed by atoms with Crippen molar-refractivity contribution in [2.75, 3.05) is 5.32 Å². The van der Waals surface area contributed by atoms with Crippen LogP contribution in [0.4, 0.5) is 51.1 Å². The summed E-state index contributed by atoms with van der Waals surface area (Å²) in [5.74, 6) is -1.11. The Labute approximate surface area is 166 Å². The maximum Gasteiger partial charge on any atom is 0.435 e. The molecule has 4 nitrogen and oxygen atoms in total. The lowest BCUT2D eigenvalue weighted by Gasteiger charge is -2.20. The summed E-state index contributed by atoms with van der Waals surface area (Å²) < 4.78 is 118. The fourth-order valence-electron chi connectivity index (χ4n) is 2.30. The molecule has 164 valence electrons. The third-order valence-corrected chi connectivity index (χ3v) is 3.93. The molecule has 0 amide bonds. The fraction of sp³-hybridized carbons (Fsp3) is 0.250. The second-order valence-corrected chi connectivity index (χ2v) is 6.06. The number of allylic oxidation sites excluding steroid dienone is 1. The van der Waals surface area contributed by atoms with E-state index in [-0.39, 0.29) is 18.2 Å². The minimum absolute atomic E-state index is 0.0368. The van der Waals surface area contributed by atoms with Gasteiger partial charge in [0.2, 0.25) is 5.95 Å². The van der Waals surface area contributed by atoms with Gasteiger partial charge in [0, 0.05) is 6.54 Å². The number of nitrogens with zero attached hydrogens (tertiary/aromatic N) is 2. The summed E-state index contributed by atoms with van der Waals surface area (Å²) in [6, 6.07) is 0.290. The summed E-state index contributed by atoms with van der Waals surface area (Å²) in [4.78, 5) is 15.2. The SMILES string of the molecule is C=CCn1c(Nc2cc(C(F)(F)F)ccc2C(F)(F)F)nc(C(F)(F)F)c(Cl)c1=O. The number of hydrogen-bond donors (Lipinski definition) is 1. The first-order valence-corrected chi connectivity index (χ1v) is 7.99. The highest BCUT2D eigenvalue weighted by Crippen LogP contribution is 2.40. The van der Waals surface area contributed by atoms with E-state index in [1.807, 2.05) is 0 Å². The fourth-order valence-corrected chi connectivity index (χ4v) is 2.56. The molecule has 0 spiro atoms. The zero-order valence-corrected chi connectivity index (χ0v) is 15.1. The molecule has 30 heavy (non-hydrogen) atoms. The summed E-state index contributed by atoms with van der Waals surface area (Å²) in [6.45, 7) is 2.69. The molecule has 0 atom stereocenters. The Morgan fingerprint density at radius 2 is 1.63 bits per heavy atom. The van der Waals surface area contributed by atoms with Crippen molar-refractivity contribution in [1.82, 2.24) is 9.55 Å². The first-order valence-electron chi connectivity index (χ1n) is 7.61. The Morgan fingerprint density at radius 1 is 1.03 bits per heavy atom. The van der Waals surface area contributed by atoms with Crippen LogP contribution in [-0.4, -0.2) is 9.55 Å². The van der Waals surface area contributed by atoms with Crippen LogP contribution in [0.15, 0.2) is 35.6 Å². The van der Waals surface area contributed by atoms with E-state index in [4.69, 9.17) is 11.6 Å². The average Bonchev–Trinajstić information content (AvgIpc) is 2.58. The van der Waals surface area contributed by atoms with Crippen molar-refractivity contribution in [3.05, 3.63) is 63.1 Å². The van der Waals surface area contributed by atoms with Crippen molar-refractivity contribution in [1.29, 1.82) is 0 Å². The molecular weight excluding hydrogens is 457 g/mol. The molecule has 0 aliphatic rings. The Kier molecular flexibility index (Phi) is 6.17. The molecule has 0 unspecified atom stereocenters. The molecular formula is C16H9ClF9N3O. The smallest absolute Gasteiger partial charge is 0.325 e. The molecule has 0 radical (unpaired) electrons. The molecule has 0 saturated heterocycles. The van der Waals surface area contributed by atoms with Crippen LogP contribution >= 0.6 is 11.6 Å². The number of benzene rings is 1. The number of halogens is 10. The quantitative estimate of drug-likeness (QED) is 0.453. The third kappa shape index (κ3) is 4.89. The van der Waals surface area contributed by atoms with Crippen LogP contribution in [0, 0.1) is 0 Å². The normalized spacial score (nSPS) is 12.7. The summed E-state index contributed by atoms with van der Waals surface area (Å²) in [6.07, 6.45) is -14.5. The van der Waals surface area contributed by atoms with Crippen LogP contribution in [0.25, 0.3) is 0 Å². The number of nitrogens with one attached hydrogen (secondary N) is 1. The number of anilines is 2. The molecule has 1 aromatic carbocycles. The number of hydrogen-bond acceptors (Lipinski definition) is 3.